The van der Waals surface area contributed by atoms with E-state index >= 15 is 0 Å². The van der Waals surface area contributed by atoms with E-state index in [-0.39, 0.29) is 12.0 Å². The van der Waals surface area contributed by atoms with Crippen molar-refractivity contribution in [1.82, 2.24) is 9.78 Å². The monoisotopic (exact) mass is 241 g/mol. The molecule has 3 rings (SSSR count). The normalized spacial score (nSPS) is 10.9. The van der Waals surface area contributed by atoms with Gasteiger partial charge in [0.1, 0.15) is 11.3 Å². The van der Waals surface area contributed by atoms with Crippen LogP contribution in [0.5, 0.6) is 0 Å². The molecule has 0 saturated carbocycles. The largest absolute Gasteiger partial charge is 0.459 e. The smallest absolute Gasteiger partial charge is 0.193 e. The summed E-state index contributed by atoms with van der Waals surface area (Å²) in [5, 5.41) is 4.68. The molecule has 2 heterocycles. The van der Waals surface area contributed by atoms with E-state index in [1.165, 1.54) is 6.07 Å². The summed E-state index contributed by atoms with van der Waals surface area (Å²) in [6, 6.07) is 8.60. The Morgan fingerprint density at radius 3 is 2.94 bits per heavy atom. The molecule has 0 aliphatic rings. The molecular formula is C13H11N3O2. The van der Waals surface area contributed by atoms with Gasteiger partial charge < -0.3 is 10.2 Å². The van der Waals surface area contributed by atoms with Gasteiger partial charge >= 0.3 is 0 Å². The summed E-state index contributed by atoms with van der Waals surface area (Å²) in [6.07, 6.45) is 3.52. The molecule has 0 spiro atoms. The Morgan fingerprint density at radius 1 is 1.33 bits per heavy atom. The molecule has 0 amide bonds. The van der Waals surface area contributed by atoms with Crippen molar-refractivity contribution in [3.8, 4) is 5.69 Å². The minimum absolute atomic E-state index is 0.0799. The zero-order chi connectivity index (χ0) is 12.5. The topological polar surface area (TPSA) is 74.1 Å². The Bertz CT molecular complexity index is 745. The highest BCUT2D eigenvalue weighted by molar-refractivity contribution is 5.78. The molecule has 5 nitrogen and oxygen atoms in total. The van der Waals surface area contributed by atoms with Gasteiger partial charge in [-0.05, 0) is 18.2 Å². The van der Waals surface area contributed by atoms with E-state index in [0.29, 0.717) is 16.7 Å². The van der Waals surface area contributed by atoms with Gasteiger partial charge in [0.05, 0.1) is 17.6 Å². The standard InChI is InChI=1S/C13H11N3O2/c14-8-10-7-12(17)11-3-2-9(6-13(11)18-10)16-5-1-4-15-16/h1-7H,8,14H2. The molecule has 0 fully saturated rings. The van der Waals surface area contributed by atoms with Crippen molar-refractivity contribution >= 4 is 11.0 Å². The summed E-state index contributed by atoms with van der Waals surface area (Å²) in [6.45, 7) is 0.206. The third kappa shape index (κ3) is 1.70. The summed E-state index contributed by atoms with van der Waals surface area (Å²) < 4.78 is 7.27. The van der Waals surface area contributed by atoms with Gasteiger partial charge in [0.2, 0.25) is 0 Å². The lowest BCUT2D eigenvalue weighted by atomic mass is 10.2. The molecule has 0 saturated heterocycles. The van der Waals surface area contributed by atoms with Crippen molar-refractivity contribution in [2.45, 2.75) is 6.54 Å². The van der Waals surface area contributed by atoms with Crippen molar-refractivity contribution in [2.75, 3.05) is 0 Å². The Kier molecular flexibility index (Phi) is 2.46. The van der Waals surface area contributed by atoms with Crippen molar-refractivity contribution in [2.24, 2.45) is 5.73 Å². The van der Waals surface area contributed by atoms with Crippen LogP contribution in [0.2, 0.25) is 0 Å². The Hall–Kier alpha value is -2.40. The minimum Gasteiger partial charge on any atom is -0.459 e. The van der Waals surface area contributed by atoms with Gasteiger partial charge in [-0.15, -0.1) is 0 Å². The second-order valence-corrected chi connectivity index (χ2v) is 3.91. The zero-order valence-corrected chi connectivity index (χ0v) is 9.54. The number of aromatic nitrogens is 2. The van der Waals surface area contributed by atoms with Gasteiger partial charge in [0, 0.05) is 24.5 Å². The predicted octanol–water partition coefficient (Wildman–Crippen LogP) is 1.44. The lowest BCUT2D eigenvalue weighted by Gasteiger charge is -2.04. The number of fused-ring (bicyclic) bond motifs is 1. The number of nitrogens with zero attached hydrogens (tertiary/aromatic N) is 2. The first-order chi connectivity index (χ1) is 8.78. The van der Waals surface area contributed by atoms with Crippen LogP contribution in [-0.4, -0.2) is 9.78 Å². The first-order valence-corrected chi connectivity index (χ1v) is 5.55. The van der Waals surface area contributed by atoms with Crippen LogP contribution in [0.1, 0.15) is 5.76 Å². The van der Waals surface area contributed by atoms with Gasteiger partial charge in [-0.2, -0.15) is 5.10 Å². The molecular weight excluding hydrogens is 230 g/mol. The third-order valence-electron chi connectivity index (χ3n) is 2.73. The predicted molar refractivity (Wildman–Crippen MR) is 67.5 cm³/mol. The molecule has 18 heavy (non-hydrogen) atoms. The highest BCUT2D eigenvalue weighted by atomic mass is 16.3. The fourth-order valence-electron chi connectivity index (χ4n) is 1.86. The van der Waals surface area contributed by atoms with Crippen LogP contribution in [0.25, 0.3) is 16.7 Å². The summed E-state index contributed by atoms with van der Waals surface area (Å²) >= 11 is 0. The van der Waals surface area contributed by atoms with E-state index in [0.717, 1.165) is 5.69 Å². The first kappa shape index (κ1) is 10.7. The first-order valence-electron chi connectivity index (χ1n) is 5.55. The minimum atomic E-state index is -0.0799. The number of rotatable bonds is 2. The number of benzene rings is 1. The molecule has 0 bridgehead atoms. The second-order valence-electron chi connectivity index (χ2n) is 3.91. The van der Waals surface area contributed by atoms with Crippen LogP contribution < -0.4 is 11.2 Å². The van der Waals surface area contributed by atoms with Crippen LogP contribution in [-0.2, 0) is 6.54 Å². The molecule has 2 N–H and O–H groups in total. The number of hydrogen-bond acceptors (Lipinski definition) is 4. The van der Waals surface area contributed by atoms with Crippen LogP contribution in [0.4, 0.5) is 0 Å². The fourth-order valence-corrected chi connectivity index (χ4v) is 1.86. The molecule has 0 unspecified atom stereocenters. The van der Waals surface area contributed by atoms with Crippen LogP contribution in [0.15, 0.2) is 51.9 Å². The maximum atomic E-state index is 11.8. The maximum Gasteiger partial charge on any atom is 0.193 e. The Morgan fingerprint density at radius 2 is 2.22 bits per heavy atom. The molecule has 0 radical (unpaired) electrons. The average molecular weight is 241 g/mol. The Balaban J connectivity index is 2.25. The molecule has 3 aromatic rings. The number of nitrogens with two attached hydrogens (primary N) is 1. The van der Waals surface area contributed by atoms with E-state index in [2.05, 4.69) is 5.10 Å². The molecule has 0 atom stereocenters. The zero-order valence-electron chi connectivity index (χ0n) is 9.54. The van der Waals surface area contributed by atoms with Crippen molar-refractivity contribution in [1.29, 1.82) is 0 Å². The van der Waals surface area contributed by atoms with Gasteiger partial charge in [-0.25, -0.2) is 4.68 Å². The molecule has 2 aromatic heterocycles. The summed E-state index contributed by atoms with van der Waals surface area (Å²) in [4.78, 5) is 11.8. The lowest BCUT2D eigenvalue weighted by Crippen LogP contribution is -2.06. The average Bonchev–Trinajstić information content (AvgIpc) is 2.91. The quantitative estimate of drug-likeness (QED) is 0.736. The molecule has 5 heteroatoms. The van der Waals surface area contributed by atoms with Gasteiger partial charge in [-0.1, -0.05) is 0 Å². The van der Waals surface area contributed by atoms with Crippen molar-refractivity contribution in [3.63, 3.8) is 0 Å². The number of hydrogen-bond donors (Lipinski definition) is 1. The van der Waals surface area contributed by atoms with Crippen molar-refractivity contribution < 1.29 is 4.42 Å². The van der Waals surface area contributed by atoms with Gasteiger partial charge in [0.25, 0.3) is 0 Å². The van der Waals surface area contributed by atoms with Crippen LogP contribution in [0, 0.1) is 0 Å². The molecule has 0 aliphatic heterocycles. The van der Waals surface area contributed by atoms with Crippen molar-refractivity contribution in [3.05, 3.63) is 58.7 Å². The van der Waals surface area contributed by atoms with Crippen LogP contribution in [0.3, 0.4) is 0 Å². The van der Waals surface area contributed by atoms with Gasteiger partial charge in [-0.3, -0.25) is 4.79 Å². The molecule has 0 aliphatic carbocycles. The van der Waals surface area contributed by atoms with E-state index in [4.69, 9.17) is 10.2 Å². The lowest BCUT2D eigenvalue weighted by molar-refractivity contribution is 0.538. The fraction of sp³-hybridized carbons (Fsp3) is 0.0769. The highest BCUT2D eigenvalue weighted by Gasteiger charge is 2.05. The maximum absolute atomic E-state index is 11.8. The second kappa shape index (κ2) is 4.12. The molecule has 1 aromatic carbocycles. The van der Waals surface area contributed by atoms with Gasteiger partial charge in [0.15, 0.2) is 5.43 Å². The summed E-state index contributed by atoms with van der Waals surface area (Å²) in [7, 11) is 0. The SMILES string of the molecule is NCc1cc(=O)c2ccc(-n3cccn3)cc2o1. The highest BCUT2D eigenvalue weighted by Crippen LogP contribution is 2.16. The summed E-state index contributed by atoms with van der Waals surface area (Å²) in [5.41, 5.74) is 6.77. The van der Waals surface area contributed by atoms with E-state index in [1.54, 1.807) is 23.0 Å². The van der Waals surface area contributed by atoms with Crippen LogP contribution >= 0.6 is 0 Å². The Labute approximate surface area is 102 Å². The van der Waals surface area contributed by atoms with E-state index in [9.17, 15) is 4.79 Å². The third-order valence-corrected chi connectivity index (χ3v) is 2.73. The molecule has 90 valence electrons. The van der Waals surface area contributed by atoms with E-state index in [1.807, 2.05) is 18.3 Å². The summed E-state index contributed by atoms with van der Waals surface area (Å²) in [5.74, 6) is 0.477. The van der Waals surface area contributed by atoms with E-state index < -0.39 is 0 Å².